The monoisotopic (exact) mass is 276 g/mol. The summed E-state index contributed by atoms with van der Waals surface area (Å²) in [5, 5.41) is 2.83. The van der Waals surface area contributed by atoms with Crippen LogP contribution in [-0.4, -0.2) is 36.3 Å². The predicted octanol–water partition coefficient (Wildman–Crippen LogP) is 0.714. The minimum atomic E-state index is -0.351. The van der Waals surface area contributed by atoms with Crippen LogP contribution in [0.2, 0.25) is 0 Å². The van der Waals surface area contributed by atoms with Crippen molar-refractivity contribution >= 4 is 17.5 Å². The van der Waals surface area contributed by atoms with Crippen molar-refractivity contribution in [1.82, 2.24) is 10.3 Å². The van der Waals surface area contributed by atoms with Crippen LogP contribution in [-0.2, 0) is 4.79 Å². The number of amides is 2. The molecule has 0 aromatic heterocycles. The van der Waals surface area contributed by atoms with Crippen LogP contribution >= 0.6 is 0 Å². The van der Waals surface area contributed by atoms with Crippen LogP contribution in [0.25, 0.3) is 0 Å². The first-order valence-corrected chi connectivity index (χ1v) is 6.82. The molecule has 1 heterocycles. The molecule has 0 unspecified atom stereocenters. The number of rotatable bonds is 4. The van der Waals surface area contributed by atoms with E-state index >= 15 is 0 Å². The summed E-state index contributed by atoms with van der Waals surface area (Å²) in [5.74, 6) is 4.68. The number of nitrogens with two attached hydrogens (primary N) is 1. The summed E-state index contributed by atoms with van der Waals surface area (Å²) in [7, 11) is 0. The molecule has 6 heteroatoms. The number of nitrogen functional groups attached to an aromatic ring is 1. The standard InChI is InChI=1S/C14H20N4O2/c15-17-14(20)11-4-6-12(7-5-11)16-13(19)10-18-8-2-1-3-9-18/h4-7H,1-3,8-10,15H2,(H,16,19)(H,17,20). The van der Waals surface area contributed by atoms with Gasteiger partial charge in [-0.1, -0.05) is 6.42 Å². The van der Waals surface area contributed by atoms with E-state index in [1.165, 1.54) is 6.42 Å². The summed E-state index contributed by atoms with van der Waals surface area (Å²) >= 11 is 0. The first-order valence-electron chi connectivity index (χ1n) is 6.82. The van der Waals surface area contributed by atoms with Gasteiger partial charge in [-0.25, -0.2) is 5.84 Å². The molecule has 0 atom stereocenters. The zero-order chi connectivity index (χ0) is 14.4. The second kappa shape index (κ2) is 7.02. The molecular weight excluding hydrogens is 256 g/mol. The number of piperidine rings is 1. The minimum Gasteiger partial charge on any atom is -0.325 e. The second-order valence-electron chi connectivity index (χ2n) is 4.94. The van der Waals surface area contributed by atoms with E-state index in [1.54, 1.807) is 24.3 Å². The molecule has 1 saturated heterocycles. The maximum Gasteiger partial charge on any atom is 0.265 e. The molecule has 1 aromatic carbocycles. The van der Waals surface area contributed by atoms with Gasteiger partial charge in [0.2, 0.25) is 5.91 Å². The number of benzene rings is 1. The van der Waals surface area contributed by atoms with E-state index in [0.29, 0.717) is 17.8 Å². The fourth-order valence-corrected chi connectivity index (χ4v) is 2.31. The van der Waals surface area contributed by atoms with Crippen LogP contribution in [0.15, 0.2) is 24.3 Å². The van der Waals surface area contributed by atoms with Gasteiger partial charge in [-0.3, -0.25) is 19.9 Å². The van der Waals surface area contributed by atoms with E-state index in [-0.39, 0.29) is 11.8 Å². The third-order valence-corrected chi connectivity index (χ3v) is 3.38. The fraction of sp³-hybridized carbons (Fsp3) is 0.429. The average Bonchev–Trinajstić information content (AvgIpc) is 2.48. The van der Waals surface area contributed by atoms with E-state index in [9.17, 15) is 9.59 Å². The van der Waals surface area contributed by atoms with Crippen molar-refractivity contribution in [2.75, 3.05) is 25.0 Å². The van der Waals surface area contributed by atoms with Crippen molar-refractivity contribution < 1.29 is 9.59 Å². The van der Waals surface area contributed by atoms with Gasteiger partial charge in [0.05, 0.1) is 6.54 Å². The van der Waals surface area contributed by atoms with Crippen molar-refractivity contribution in [3.63, 3.8) is 0 Å². The van der Waals surface area contributed by atoms with Crippen molar-refractivity contribution in [1.29, 1.82) is 0 Å². The lowest BCUT2D eigenvalue weighted by molar-refractivity contribution is -0.117. The topological polar surface area (TPSA) is 87.5 Å². The number of hydrogen-bond donors (Lipinski definition) is 3. The predicted molar refractivity (Wildman–Crippen MR) is 77.0 cm³/mol. The van der Waals surface area contributed by atoms with Gasteiger partial charge < -0.3 is 5.32 Å². The summed E-state index contributed by atoms with van der Waals surface area (Å²) in [4.78, 5) is 25.3. The summed E-state index contributed by atoms with van der Waals surface area (Å²) in [6, 6.07) is 6.63. The molecule has 0 spiro atoms. The minimum absolute atomic E-state index is 0.0251. The lowest BCUT2D eigenvalue weighted by Crippen LogP contribution is -2.36. The van der Waals surface area contributed by atoms with Gasteiger partial charge in [0.1, 0.15) is 0 Å². The lowest BCUT2D eigenvalue weighted by atomic mass is 10.1. The quantitative estimate of drug-likeness (QED) is 0.429. The molecule has 1 aliphatic rings. The van der Waals surface area contributed by atoms with Crippen LogP contribution < -0.4 is 16.6 Å². The normalized spacial score (nSPS) is 15.7. The van der Waals surface area contributed by atoms with Crippen LogP contribution in [0.3, 0.4) is 0 Å². The molecule has 6 nitrogen and oxygen atoms in total. The number of anilines is 1. The molecule has 1 aromatic rings. The molecule has 0 bridgehead atoms. The molecule has 2 amide bonds. The van der Waals surface area contributed by atoms with Gasteiger partial charge in [0, 0.05) is 11.3 Å². The van der Waals surface area contributed by atoms with E-state index < -0.39 is 0 Å². The Bertz CT molecular complexity index is 467. The molecule has 0 radical (unpaired) electrons. The van der Waals surface area contributed by atoms with Gasteiger partial charge in [-0.15, -0.1) is 0 Å². The van der Waals surface area contributed by atoms with Crippen LogP contribution in [0, 0.1) is 0 Å². The molecule has 20 heavy (non-hydrogen) atoms. The summed E-state index contributed by atoms with van der Waals surface area (Å²) in [6.45, 7) is 2.40. The number of nitrogens with one attached hydrogen (secondary N) is 2. The van der Waals surface area contributed by atoms with Crippen molar-refractivity contribution in [3.8, 4) is 0 Å². The highest BCUT2D eigenvalue weighted by Gasteiger charge is 2.13. The molecule has 2 rings (SSSR count). The van der Waals surface area contributed by atoms with Gasteiger partial charge in [0.25, 0.3) is 5.91 Å². The summed E-state index contributed by atoms with van der Waals surface area (Å²) in [5.41, 5.74) is 3.20. The van der Waals surface area contributed by atoms with E-state index in [1.807, 2.05) is 0 Å². The number of carbonyl (C=O) groups excluding carboxylic acids is 2. The Kier molecular flexibility index (Phi) is 5.09. The molecule has 0 saturated carbocycles. The van der Waals surface area contributed by atoms with Crippen molar-refractivity contribution in [2.45, 2.75) is 19.3 Å². The maximum atomic E-state index is 11.9. The van der Waals surface area contributed by atoms with Gasteiger partial charge >= 0.3 is 0 Å². The molecular formula is C14H20N4O2. The first-order chi connectivity index (χ1) is 9.69. The van der Waals surface area contributed by atoms with Crippen LogP contribution in [0.1, 0.15) is 29.6 Å². The van der Waals surface area contributed by atoms with E-state index in [0.717, 1.165) is 25.9 Å². The Morgan fingerprint density at radius 1 is 1.10 bits per heavy atom. The van der Waals surface area contributed by atoms with Crippen molar-refractivity contribution in [3.05, 3.63) is 29.8 Å². The second-order valence-corrected chi connectivity index (χ2v) is 4.94. The van der Waals surface area contributed by atoms with Gasteiger partial charge in [-0.05, 0) is 50.2 Å². The largest absolute Gasteiger partial charge is 0.325 e. The van der Waals surface area contributed by atoms with E-state index in [2.05, 4.69) is 15.6 Å². The third-order valence-electron chi connectivity index (χ3n) is 3.38. The number of hydrogen-bond acceptors (Lipinski definition) is 4. The highest BCUT2D eigenvalue weighted by atomic mass is 16.2. The molecule has 108 valence electrons. The molecule has 1 fully saturated rings. The SMILES string of the molecule is NNC(=O)c1ccc(NC(=O)CN2CCCCC2)cc1. The highest BCUT2D eigenvalue weighted by Crippen LogP contribution is 2.11. The fourth-order valence-electron chi connectivity index (χ4n) is 2.31. The Hall–Kier alpha value is -1.92. The Morgan fingerprint density at radius 2 is 1.75 bits per heavy atom. The number of hydrazine groups is 1. The summed E-state index contributed by atoms with van der Waals surface area (Å²) < 4.78 is 0. The maximum absolute atomic E-state index is 11.9. The molecule has 1 aliphatic heterocycles. The highest BCUT2D eigenvalue weighted by molar-refractivity contribution is 5.95. The third kappa shape index (κ3) is 4.04. The molecule has 4 N–H and O–H groups in total. The Balaban J connectivity index is 1.85. The van der Waals surface area contributed by atoms with Crippen LogP contribution in [0.5, 0.6) is 0 Å². The first kappa shape index (κ1) is 14.5. The smallest absolute Gasteiger partial charge is 0.265 e. The Labute approximate surface area is 118 Å². The average molecular weight is 276 g/mol. The molecule has 0 aliphatic carbocycles. The zero-order valence-electron chi connectivity index (χ0n) is 11.4. The van der Waals surface area contributed by atoms with Gasteiger partial charge in [-0.2, -0.15) is 0 Å². The number of nitrogens with zero attached hydrogens (tertiary/aromatic N) is 1. The lowest BCUT2D eigenvalue weighted by Gasteiger charge is -2.25. The van der Waals surface area contributed by atoms with Gasteiger partial charge in [0.15, 0.2) is 0 Å². The van der Waals surface area contributed by atoms with E-state index in [4.69, 9.17) is 5.84 Å². The van der Waals surface area contributed by atoms with Crippen LogP contribution in [0.4, 0.5) is 5.69 Å². The number of likely N-dealkylation sites (tertiary alicyclic amines) is 1. The van der Waals surface area contributed by atoms with Crippen molar-refractivity contribution in [2.24, 2.45) is 5.84 Å². The Morgan fingerprint density at radius 3 is 2.35 bits per heavy atom. The summed E-state index contributed by atoms with van der Waals surface area (Å²) in [6.07, 6.45) is 3.58. The zero-order valence-corrected chi connectivity index (χ0v) is 11.4. The number of carbonyl (C=O) groups is 2.